The maximum atomic E-state index is 11.9. The number of aromatic nitrogens is 2. The number of anilines is 3. The van der Waals surface area contributed by atoms with Gasteiger partial charge in [-0.3, -0.25) is 14.9 Å². The Morgan fingerprint density at radius 1 is 1.27 bits per heavy atom. The van der Waals surface area contributed by atoms with Crippen LogP contribution in [0.2, 0.25) is 0 Å². The van der Waals surface area contributed by atoms with Crippen molar-refractivity contribution in [2.45, 2.75) is 5.16 Å². The lowest BCUT2D eigenvalue weighted by Gasteiger charge is -2.05. The predicted molar refractivity (Wildman–Crippen MR) is 83.3 cm³/mol. The van der Waals surface area contributed by atoms with Gasteiger partial charge in [-0.2, -0.15) is 0 Å². The van der Waals surface area contributed by atoms with Crippen molar-refractivity contribution in [3.8, 4) is 0 Å². The van der Waals surface area contributed by atoms with Crippen LogP contribution in [0.3, 0.4) is 0 Å². The van der Waals surface area contributed by atoms with E-state index in [2.05, 4.69) is 15.3 Å². The molecule has 1 heterocycles. The number of rotatable bonds is 5. The van der Waals surface area contributed by atoms with Crippen LogP contribution in [0.1, 0.15) is 0 Å². The van der Waals surface area contributed by atoms with Crippen LogP contribution in [0.4, 0.5) is 23.0 Å². The molecule has 0 saturated carbocycles. The summed E-state index contributed by atoms with van der Waals surface area (Å²) in [7, 11) is 0. The monoisotopic (exact) mass is 320 g/mol. The van der Waals surface area contributed by atoms with Crippen LogP contribution in [0.25, 0.3) is 0 Å². The quantitative estimate of drug-likeness (QED) is 0.322. The average Bonchev–Trinajstić information content (AvgIpc) is 2.44. The molecule has 1 aromatic heterocycles. The normalized spacial score (nSPS) is 10.2. The summed E-state index contributed by atoms with van der Waals surface area (Å²) < 4.78 is 0. The van der Waals surface area contributed by atoms with E-state index in [0.29, 0.717) is 0 Å². The third kappa shape index (κ3) is 4.06. The number of thioether (sulfide) groups is 1. The second-order valence-electron chi connectivity index (χ2n) is 4.11. The molecule has 0 unspecified atom stereocenters. The molecule has 0 radical (unpaired) electrons. The van der Waals surface area contributed by atoms with Crippen molar-refractivity contribution in [3.05, 3.63) is 40.4 Å². The fraction of sp³-hybridized carbons (Fsp3) is 0.0833. The van der Waals surface area contributed by atoms with Crippen molar-refractivity contribution < 1.29 is 9.72 Å². The predicted octanol–water partition coefficient (Wildman–Crippen LogP) is 1.28. The van der Waals surface area contributed by atoms with Crippen LogP contribution in [-0.2, 0) is 4.79 Å². The molecule has 9 nitrogen and oxygen atoms in total. The van der Waals surface area contributed by atoms with E-state index >= 15 is 0 Å². The molecule has 0 bridgehead atoms. The fourth-order valence-corrected chi connectivity index (χ4v) is 2.25. The van der Waals surface area contributed by atoms with E-state index in [-0.39, 0.29) is 33.9 Å². The number of para-hydroxylation sites is 2. The lowest BCUT2D eigenvalue weighted by Crippen LogP contribution is -2.15. The highest BCUT2D eigenvalue weighted by Crippen LogP contribution is 2.24. The number of carbonyl (C=O) groups is 1. The lowest BCUT2D eigenvalue weighted by molar-refractivity contribution is -0.383. The number of amides is 1. The molecule has 0 spiro atoms. The maximum absolute atomic E-state index is 11.9. The van der Waals surface area contributed by atoms with Crippen molar-refractivity contribution >= 4 is 40.7 Å². The van der Waals surface area contributed by atoms with Gasteiger partial charge < -0.3 is 16.8 Å². The van der Waals surface area contributed by atoms with Gasteiger partial charge >= 0.3 is 0 Å². The van der Waals surface area contributed by atoms with E-state index in [1.165, 1.54) is 24.3 Å². The molecule has 22 heavy (non-hydrogen) atoms. The van der Waals surface area contributed by atoms with Crippen LogP contribution in [0.5, 0.6) is 0 Å². The summed E-state index contributed by atoms with van der Waals surface area (Å²) in [4.78, 5) is 30.0. The van der Waals surface area contributed by atoms with E-state index in [1.807, 2.05) is 0 Å². The van der Waals surface area contributed by atoms with E-state index in [9.17, 15) is 14.9 Å². The van der Waals surface area contributed by atoms with E-state index in [4.69, 9.17) is 11.5 Å². The number of hydrogen-bond donors (Lipinski definition) is 3. The average molecular weight is 320 g/mol. The highest BCUT2D eigenvalue weighted by Gasteiger charge is 2.15. The first-order chi connectivity index (χ1) is 10.5. The van der Waals surface area contributed by atoms with Crippen molar-refractivity contribution in [2.24, 2.45) is 0 Å². The molecule has 114 valence electrons. The van der Waals surface area contributed by atoms with Crippen molar-refractivity contribution in [1.82, 2.24) is 9.97 Å². The van der Waals surface area contributed by atoms with Gasteiger partial charge in [0, 0.05) is 12.1 Å². The lowest BCUT2D eigenvalue weighted by atomic mass is 10.2. The minimum atomic E-state index is -0.565. The van der Waals surface area contributed by atoms with Gasteiger partial charge in [0.05, 0.1) is 10.7 Å². The zero-order valence-electron chi connectivity index (χ0n) is 11.2. The number of hydrogen-bond acceptors (Lipinski definition) is 8. The first-order valence-corrected chi connectivity index (χ1v) is 7.00. The van der Waals surface area contributed by atoms with Crippen LogP contribution >= 0.6 is 11.8 Å². The summed E-state index contributed by atoms with van der Waals surface area (Å²) in [5, 5.41) is 13.6. The Morgan fingerprint density at radius 3 is 2.55 bits per heavy atom. The summed E-state index contributed by atoms with van der Waals surface area (Å²) in [5.74, 6) is -0.0540. The molecule has 5 N–H and O–H groups in total. The Hall–Kier alpha value is -2.88. The number of nitrogen functional groups attached to an aromatic ring is 2. The summed E-state index contributed by atoms with van der Waals surface area (Å²) in [6.45, 7) is 0. The van der Waals surface area contributed by atoms with Gasteiger partial charge in [-0.25, -0.2) is 9.97 Å². The van der Waals surface area contributed by atoms with Gasteiger partial charge in [0.25, 0.3) is 5.69 Å². The Kier molecular flexibility index (Phi) is 4.73. The zero-order valence-corrected chi connectivity index (χ0v) is 12.0. The standard InChI is InChI=1S/C12H12N6O3S/c13-9-5-10(14)17-12(16-9)22-6-11(19)15-7-3-1-2-4-8(7)18(20)21/h1-5H,6H2,(H,15,19)(H4,13,14,16,17). The van der Waals surface area contributed by atoms with Gasteiger partial charge in [0.2, 0.25) is 5.91 Å². The molecule has 0 aliphatic heterocycles. The van der Waals surface area contributed by atoms with Crippen LogP contribution in [-0.4, -0.2) is 26.6 Å². The molecule has 0 saturated heterocycles. The molecule has 0 atom stereocenters. The number of nitrogens with zero attached hydrogens (tertiary/aromatic N) is 3. The molecule has 0 fully saturated rings. The van der Waals surface area contributed by atoms with E-state index < -0.39 is 10.8 Å². The molecular weight excluding hydrogens is 308 g/mol. The number of nitrogens with one attached hydrogen (secondary N) is 1. The first-order valence-electron chi connectivity index (χ1n) is 6.02. The van der Waals surface area contributed by atoms with E-state index in [1.54, 1.807) is 6.07 Å². The number of nitro benzene ring substituents is 1. The zero-order chi connectivity index (χ0) is 16.1. The first kappa shape index (κ1) is 15.5. The highest BCUT2D eigenvalue weighted by molar-refractivity contribution is 7.99. The van der Waals surface area contributed by atoms with Gasteiger partial charge in [0.1, 0.15) is 17.3 Å². The summed E-state index contributed by atoms with van der Waals surface area (Å²) >= 11 is 1.03. The molecule has 0 aliphatic carbocycles. The molecule has 10 heteroatoms. The summed E-state index contributed by atoms with van der Waals surface area (Å²) in [6.07, 6.45) is 0. The second kappa shape index (κ2) is 6.72. The fourth-order valence-electron chi connectivity index (χ4n) is 1.58. The molecule has 0 aliphatic rings. The van der Waals surface area contributed by atoms with Gasteiger partial charge in [-0.1, -0.05) is 23.9 Å². The minimum Gasteiger partial charge on any atom is -0.383 e. The van der Waals surface area contributed by atoms with Gasteiger partial charge in [-0.15, -0.1) is 0 Å². The molecule has 2 rings (SSSR count). The Balaban J connectivity index is 2.00. The molecule has 1 aromatic carbocycles. The number of carbonyl (C=O) groups excluding carboxylic acids is 1. The third-order valence-electron chi connectivity index (χ3n) is 2.45. The van der Waals surface area contributed by atoms with Crippen LogP contribution < -0.4 is 16.8 Å². The molecule has 2 aromatic rings. The molecule has 1 amide bonds. The number of benzene rings is 1. The van der Waals surface area contributed by atoms with Gasteiger partial charge in [0.15, 0.2) is 5.16 Å². The largest absolute Gasteiger partial charge is 0.383 e. The Bertz CT molecular complexity index is 704. The van der Waals surface area contributed by atoms with Crippen LogP contribution in [0.15, 0.2) is 35.5 Å². The number of nitrogens with two attached hydrogens (primary N) is 2. The second-order valence-corrected chi connectivity index (χ2v) is 5.05. The smallest absolute Gasteiger partial charge is 0.292 e. The third-order valence-corrected chi connectivity index (χ3v) is 3.30. The van der Waals surface area contributed by atoms with Crippen molar-refractivity contribution in [2.75, 3.05) is 22.5 Å². The van der Waals surface area contributed by atoms with E-state index in [0.717, 1.165) is 11.8 Å². The summed E-state index contributed by atoms with van der Waals surface area (Å²) in [6, 6.07) is 7.28. The van der Waals surface area contributed by atoms with Crippen LogP contribution in [0, 0.1) is 10.1 Å². The number of nitro groups is 1. The summed E-state index contributed by atoms with van der Waals surface area (Å²) in [5.41, 5.74) is 11.0. The molecular formula is C12H12N6O3S. The topological polar surface area (TPSA) is 150 Å². The SMILES string of the molecule is Nc1cc(N)nc(SCC(=O)Nc2ccccc2[N+](=O)[O-])n1. The highest BCUT2D eigenvalue weighted by atomic mass is 32.2. The van der Waals surface area contributed by atoms with Gasteiger partial charge in [-0.05, 0) is 6.07 Å². The maximum Gasteiger partial charge on any atom is 0.292 e. The van der Waals surface area contributed by atoms with Crippen molar-refractivity contribution in [3.63, 3.8) is 0 Å². The van der Waals surface area contributed by atoms with Crippen molar-refractivity contribution in [1.29, 1.82) is 0 Å². The Morgan fingerprint density at radius 2 is 1.91 bits per heavy atom. The Labute approximate surface area is 129 Å². The minimum absolute atomic E-state index is 0.0328.